The maximum absolute atomic E-state index is 11.0. The van der Waals surface area contributed by atoms with Crippen LogP contribution in [0.15, 0.2) is 12.1 Å². The summed E-state index contributed by atoms with van der Waals surface area (Å²) in [6.45, 7) is 6.15. The van der Waals surface area contributed by atoms with Gasteiger partial charge in [-0.15, -0.1) is 0 Å². The molecule has 0 aliphatic rings. The van der Waals surface area contributed by atoms with Gasteiger partial charge in [0.2, 0.25) is 0 Å². The van der Waals surface area contributed by atoms with Crippen molar-refractivity contribution in [3.05, 3.63) is 28.8 Å². The van der Waals surface area contributed by atoms with Crippen LogP contribution in [0.25, 0.3) is 0 Å². The zero-order chi connectivity index (χ0) is 13.0. The van der Waals surface area contributed by atoms with Gasteiger partial charge in [-0.2, -0.15) is 0 Å². The first kappa shape index (κ1) is 13.5. The third kappa shape index (κ3) is 3.46. The fraction of sp³-hybridized carbons (Fsp3) is 0.462. The van der Waals surface area contributed by atoms with Gasteiger partial charge in [-0.25, -0.2) is 4.79 Å². The number of rotatable bonds is 5. The van der Waals surface area contributed by atoms with Crippen molar-refractivity contribution in [2.24, 2.45) is 5.73 Å². The molecule has 0 aliphatic heterocycles. The van der Waals surface area contributed by atoms with Crippen LogP contribution in [0.1, 0.15) is 23.1 Å². The number of carboxylic acid groups (broad SMARTS) is 1. The molecule has 0 heterocycles. The van der Waals surface area contributed by atoms with Gasteiger partial charge in [0.15, 0.2) is 6.10 Å². The second kappa shape index (κ2) is 5.68. The molecule has 94 valence electrons. The Labute approximate surface area is 101 Å². The standard InChI is InChI=1S/C13H19NO3/c1-8-6-9(2)10(3)12(7-8)17-11(4-5-14)13(15)16/h6-7,11H,4-5,14H2,1-3H3,(H,15,16). The summed E-state index contributed by atoms with van der Waals surface area (Å²) < 4.78 is 5.53. The van der Waals surface area contributed by atoms with Crippen LogP contribution >= 0.6 is 0 Å². The molecule has 0 saturated carbocycles. The van der Waals surface area contributed by atoms with Crippen LogP contribution in [0, 0.1) is 20.8 Å². The molecule has 1 aromatic rings. The second-order valence-electron chi connectivity index (χ2n) is 4.23. The van der Waals surface area contributed by atoms with Crippen molar-refractivity contribution in [1.82, 2.24) is 0 Å². The van der Waals surface area contributed by atoms with Crippen molar-refractivity contribution in [1.29, 1.82) is 0 Å². The van der Waals surface area contributed by atoms with Crippen LogP contribution in [-0.4, -0.2) is 23.7 Å². The van der Waals surface area contributed by atoms with E-state index < -0.39 is 12.1 Å². The van der Waals surface area contributed by atoms with E-state index in [0.29, 0.717) is 18.7 Å². The van der Waals surface area contributed by atoms with Crippen molar-refractivity contribution in [3.63, 3.8) is 0 Å². The second-order valence-corrected chi connectivity index (χ2v) is 4.23. The number of hydrogen-bond acceptors (Lipinski definition) is 3. The molecule has 0 aromatic heterocycles. The molecule has 4 nitrogen and oxygen atoms in total. The van der Waals surface area contributed by atoms with Crippen molar-refractivity contribution in [3.8, 4) is 5.75 Å². The minimum atomic E-state index is -0.978. The van der Waals surface area contributed by atoms with E-state index in [0.717, 1.165) is 16.7 Å². The highest BCUT2D eigenvalue weighted by atomic mass is 16.5. The van der Waals surface area contributed by atoms with E-state index >= 15 is 0 Å². The lowest BCUT2D eigenvalue weighted by atomic mass is 10.1. The molecule has 0 bridgehead atoms. The Kier molecular flexibility index (Phi) is 4.52. The van der Waals surface area contributed by atoms with Crippen molar-refractivity contribution in [2.75, 3.05) is 6.54 Å². The lowest BCUT2D eigenvalue weighted by Crippen LogP contribution is -2.29. The fourth-order valence-corrected chi connectivity index (χ4v) is 1.66. The molecule has 0 radical (unpaired) electrons. The molecule has 1 rings (SSSR count). The van der Waals surface area contributed by atoms with Gasteiger partial charge < -0.3 is 15.6 Å². The van der Waals surface area contributed by atoms with Gasteiger partial charge in [0, 0.05) is 6.42 Å². The molecular formula is C13H19NO3. The summed E-state index contributed by atoms with van der Waals surface area (Å²) in [6, 6.07) is 3.90. The average Bonchev–Trinajstić information content (AvgIpc) is 2.24. The highest BCUT2D eigenvalue weighted by Crippen LogP contribution is 2.24. The van der Waals surface area contributed by atoms with Gasteiger partial charge in [-0.3, -0.25) is 0 Å². The summed E-state index contributed by atoms with van der Waals surface area (Å²) in [7, 11) is 0. The number of aryl methyl sites for hydroxylation is 2. The number of hydrogen-bond donors (Lipinski definition) is 2. The summed E-state index contributed by atoms with van der Waals surface area (Å²) in [5, 5.41) is 9.01. The minimum absolute atomic E-state index is 0.292. The number of nitrogens with two attached hydrogens (primary N) is 1. The molecule has 0 saturated heterocycles. The lowest BCUT2D eigenvalue weighted by Gasteiger charge is -2.17. The van der Waals surface area contributed by atoms with E-state index in [2.05, 4.69) is 0 Å². The Hall–Kier alpha value is -1.55. The summed E-state index contributed by atoms with van der Waals surface area (Å²) in [4.78, 5) is 11.0. The number of ether oxygens (including phenoxy) is 1. The molecule has 17 heavy (non-hydrogen) atoms. The van der Waals surface area contributed by atoms with E-state index in [-0.39, 0.29) is 0 Å². The van der Waals surface area contributed by atoms with Crippen LogP contribution in [0.4, 0.5) is 0 Å². The molecule has 0 amide bonds. The molecule has 0 fully saturated rings. The summed E-state index contributed by atoms with van der Waals surface area (Å²) >= 11 is 0. The summed E-state index contributed by atoms with van der Waals surface area (Å²) in [5.74, 6) is -0.350. The molecule has 1 atom stereocenters. The molecule has 1 aromatic carbocycles. The van der Waals surface area contributed by atoms with Crippen LogP contribution < -0.4 is 10.5 Å². The predicted octanol–water partition coefficient (Wildman–Crippen LogP) is 1.79. The van der Waals surface area contributed by atoms with Crippen LogP contribution in [0.3, 0.4) is 0 Å². The van der Waals surface area contributed by atoms with Gasteiger partial charge in [-0.1, -0.05) is 6.07 Å². The number of carbonyl (C=O) groups is 1. The zero-order valence-electron chi connectivity index (χ0n) is 10.5. The van der Waals surface area contributed by atoms with Crippen molar-refractivity contribution in [2.45, 2.75) is 33.3 Å². The van der Waals surface area contributed by atoms with Crippen molar-refractivity contribution >= 4 is 5.97 Å². The van der Waals surface area contributed by atoms with E-state index in [9.17, 15) is 4.79 Å². The maximum atomic E-state index is 11.0. The zero-order valence-corrected chi connectivity index (χ0v) is 10.5. The van der Waals surface area contributed by atoms with E-state index in [4.69, 9.17) is 15.6 Å². The normalized spacial score (nSPS) is 12.2. The third-order valence-electron chi connectivity index (χ3n) is 2.74. The van der Waals surface area contributed by atoms with Crippen LogP contribution in [0.5, 0.6) is 5.75 Å². The fourth-order valence-electron chi connectivity index (χ4n) is 1.66. The SMILES string of the molecule is Cc1cc(C)c(C)c(OC(CCN)C(=O)O)c1. The third-order valence-corrected chi connectivity index (χ3v) is 2.74. The highest BCUT2D eigenvalue weighted by Gasteiger charge is 2.19. The minimum Gasteiger partial charge on any atom is -0.479 e. The Morgan fingerprint density at radius 3 is 2.59 bits per heavy atom. The van der Waals surface area contributed by atoms with Gasteiger partial charge in [0.1, 0.15) is 5.75 Å². The maximum Gasteiger partial charge on any atom is 0.344 e. The van der Waals surface area contributed by atoms with Crippen molar-refractivity contribution < 1.29 is 14.6 Å². The van der Waals surface area contributed by atoms with Gasteiger partial charge in [-0.05, 0) is 50.1 Å². The van der Waals surface area contributed by atoms with Crippen LogP contribution in [0.2, 0.25) is 0 Å². The lowest BCUT2D eigenvalue weighted by molar-refractivity contribution is -0.145. The predicted molar refractivity (Wildman–Crippen MR) is 66.4 cm³/mol. The summed E-state index contributed by atoms with van der Waals surface area (Å²) in [6.07, 6.45) is -0.568. The molecule has 3 N–H and O–H groups in total. The van der Waals surface area contributed by atoms with Gasteiger partial charge >= 0.3 is 5.97 Å². The Bertz CT molecular complexity index is 415. The highest BCUT2D eigenvalue weighted by molar-refractivity contribution is 5.72. The first-order valence-corrected chi connectivity index (χ1v) is 5.63. The number of carboxylic acids is 1. The smallest absolute Gasteiger partial charge is 0.344 e. The molecule has 0 spiro atoms. The van der Waals surface area contributed by atoms with Gasteiger partial charge in [0.25, 0.3) is 0 Å². The van der Waals surface area contributed by atoms with Gasteiger partial charge in [0.05, 0.1) is 0 Å². The Morgan fingerprint density at radius 1 is 1.41 bits per heavy atom. The number of benzene rings is 1. The first-order valence-electron chi connectivity index (χ1n) is 5.63. The first-order chi connectivity index (χ1) is 7.95. The number of aliphatic carboxylic acids is 1. The average molecular weight is 237 g/mol. The quantitative estimate of drug-likeness (QED) is 0.819. The van der Waals surface area contributed by atoms with E-state index in [1.54, 1.807) is 0 Å². The monoisotopic (exact) mass is 237 g/mol. The van der Waals surface area contributed by atoms with E-state index in [1.165, 1.54) is 0 Å². The Balaban J connectivity index is 2.96. The molecule has 0 aliphatic carbocycles. The molecule has 4 heteroatoms. The van der Waals surface area contributed by atoms with E-state index in [1.807, 2.05) is 32.9 Å². The molecular weight excluding hydrogens is 218 g/mol. The molecule has 1 unspecified atom stereocenters. The van der Waals surface area contributed by atoms with Crippen LogP contribution in [-0.2, 0) is 4.79 Å². The summed E-state index contributed by atoms with van der Waals surface area (Å²) in [5.41, 5.74) is 8.50. The largest absolute Gasteiger partial charge is 0.479 e. The topological polar surface area (TPSA) is 72.5 Å². The Morgan fingerprint density at radius 2 is 2.06 bits per heavy atom.